The Hall–Kier alpha value is -4.50. The summed E-state index contributed by atoms with van der Waals surface area (Å²) in [6, 6.07) is 38.1. The van der Waals surface area contributed by atoms with Gasteiger partial charge in [-0.15, -0.1) is 0 Å². The molecule has 0 fully saturated rings. The molecule has 7 aromatic rings. The SMILES string of the molecule is Nc1ccc2c(c1)oc1ccc(-c3ccccc3-n3c4ccccc4c4ccccc43)cc12. The number of hydrogen-bond acceptors (Lipinski definition) is 2. The molecular formula is C30H20N2O. The number of aromatic nitrogens is 1. The number of para-hydroxylation sites is 3. The Morgan fingerprint density at radius 1 is 0.545 bits per heavy atom. The molecule has 0 bridgehead atoms. The first-order chi connectivity index (χ1) is 16.3. The van der Waals surface area contributed by atoms with Crippen molar-refractivity contribution in [2.24, 2.45) is 0 Å². The van der Waals surface area contributed by atoms with Crippen LogP contribution in [0.3, 0.4) is 0 Å². The summed E-state index contributed by atoms with van der Waals surface area (Å²) in [6.07, 6.45) is 0. The normalized spacial score (nSPS) is 11.8. The summed E-state index contributed by atoms with van der Waals surface area (Å²) < 4.78 is 8.43. The lowest BCUT2D eigenvalue weighted by atomic mass is 10.0. The molecule has 0 unspecified atom stereocenters. The quantitative estimate of drug-likeness (QED) is 0.286. The molecule has 0 saturated heterocycles. The maximum atomic E-state index is 6.06. The van der Waals surface area contributed by atoms with Crippen LogP contribution in [0.5, 0.6) is 0 Å². The van der Waals surface area contributed by atoms with E-state index in [0.717, 1.165) is 33.2 Å². The van der Waals surface area contributed by atoms with E-state index in [2.05, 4.69) is 95.6 Å². The maximum absolute atomic E-state index is 6.06. The summed E-state index contributed by atoms with van der Waals surface area (Å²) in [5, 5.41) is 4.70. The average Bonchev–Trinajstić information content (AvgIpc) is 3.38. The third kappa shape index (κ3) is 2.63. The van der Waals surface area contributed by atoms with Crippen LogP contribution in [0.25, 0.3) is 60.6 Å². The summed E-state index contributed by atoms with van der Waals surface area (Å²) in [4.78, 5) is 0. The van der Waals surface area contributed by atoms with Crippen LogP contribution < -0.4 is 5.73 Å². The highest BCUT2D eigenvalue weighted by Gasteiger charge is 2.16. The first-order valence-electron chi connectivity index (χ1n) is 11.1. The van der Waals surface area contributed by atoms with E-state index >= 15 is 0 Å². The van der Waals surface area contributed by atoms with Crippen molar-refractivity contribution in [2.45, 2.75) is 0 Å². The second-order valence-electron chi connectivity index (χ2n) is 8.46. The smallest absolute Gasteiger partial charge is 0.137 e. The van der Waals surface area contributed by atoms with E-state index in [-0.39, 0.29) is 0 Å². The molecule has 2 N–H and O–H groups in total. The lowest BCUT2D eigenvalue weighted by molar-refractivity contribution is 0.669. The molecular weight excluding hydrogens is 404 g/mol. The molecule has 2 aromatic heterocycles. The highest BCUT2D eigenvalue weighted by atomic mass is 16.3. The van der Waals surface area contributed by atoms with Gasteiger partial charge in [-0.3, -0.25) is 0 Å². The molecule has 156 valence electrons. The molecule has 0 saturated carbocycles. The molecule has 0 aliphatic carbocycles. The molecule has 33 heavy (non-hydrogen) atoms. The maximum Gasteiger partial charge on any atom is 0.137 e. The zero-order valence-electron chi connectivity index (χ0n) is 17.8. The molecule has 0 aliphatic rings. The van der Waals surface area contributed by atoms with Crippen molar-refractivity contribution in [1.29, 1.82) is 0 Å². The van der Waals surface area contributed by atoms with Crippen molar-refractivity contribution in [2.75, 3.05) is 5.73 Å². The average molecular weight is 425 g/mol. The van der Waals surface area contributed by atoms with E-state index in [1.54, 1.807) is 0 Å². The van der Waals surface area contributed by atoms with Crippen molar-refractivity contribution in [3.8, 4) is 16.8 Å². The van der Waals surface area contributed by atoms with Crippen molar-refractivity contribution >= 4 is 49.4 Å². The van der Waals surface area contributed by atoms with Gasteiger partial charge in [-0.05, 0) is 48.0 Å². The molecule has 0 radical (unpaired) electrons. The van der Waals surface area contributed by atoms with Gasteiger partial charge in [0, 0.05) is 38.9 Å². The highest BCUT2D eigenvalue weighted by Crippen LogP contribution is 2.38. The van der Waals surface area contributed by atoms with Crippen LogP contribution in [0.4, 0.5) is 5.69 Å². The molecule has 3 nitrogen and oxygen atoms in total. The number of nitrogens with two attached hydrogens (primary N) is 1. The minimum Gasteiger partial charge on any atom is -0.456 e. The fourth-order valence-electron chi connectivity index (χ4n) is 5.06. The monoisotopic (exact) mass is 424 g/mol. The number of nitrogens with zero attached hydrogens (tertiary/aromatic N) is 1. The van der Waals surface area contributed by atoms with Gasteiger partial charge in [-0.1, -0.05) is 60.7 Å². The largest absolute Gasteiger partial charge is 0.456 e. The fourth-order valence-corrected chi connectivity index (χ4v) is 5.06. The molecule has 0 amide bonds. The Bertz CT molecular complexity index is 1780. The van der Waals surface area contributed by atoms with Crippen LogP contribution in [0.2, 0.25) is 0 Å². The van der Waals surface area contributed by atoms with Gasteiger partial charge in [-0.2, -0.15) is 0 Å². The van der Waals surface area contributed by atoms with E-state index in [4.69, 9.17) is 10.2 Å². The predicted octanol–water partition coefficient (Wildman–Crippen LogP) is 7.93. The first kappa shape index (κ1) is 18.1. The van der Waals surface area contributed by atoms with E-state index < -0.39 is 0 Å². The van der Waals surface area contributed by atoms with Crippen LogP contribution in [0, 0.1) is 0 Å². The van der Waals surface area contributed by atoms with Gasteiger partial charge in [0.05, 0.1) is 16.7 Å². The fraction of sp³-hybridized carbons (Fsp3) is 0. The summed E-state index contributed by atoms with van der Waals surface area (Å²) in [5.74, 6) is 0. The van der Waals surface area contributed by atoms with Crippen LogP contribution in [0.1, 0.15) is 0 Å². The zero-order chi connectivity index (χ0) is 21.9. The first-order valence-corrected chi connectivity index (χ1v) is 11.1. The number of rotatable bonds is 2. The molecule has 0 spiro atoms. The molecule has 5 aromatic carbocycles. The second-order valence-corrected chi connectivity index (χ2v) is 8.46. The number of nitrogen functional groups attached to an aromatic ring is 1. The van der Waals surface area contributed by atoms with Gasteiger partial charge >= 0.3 is 0 Å². The molecule has 7 rings (SSSR count). The van der Waals surface area contributed by atoms with E-state index in [1.165, 1.54) is 27.4 Å². The van der Waals surface area contributed by atoms with Crippen molar-refractivity contribution in [1.82, 2.24) is 4.57 Å². The highest BCUT2D eigenvalue weighted by molar-refractivity contribution is 6.10. The predicted molar refractivity (Wildman–Crippen MR) is 138 cm³/mol. The molecule has 0 aliphatic heterocycles. The Morgan fingerprint density at radius 2 is 1.24 bits per heavy atom. The standard InChI is InChI=1S/C30H20N2O/c31-20-14-15-24-25-17-19(13-16-29(25)33-30(24)18-20)21-7-1-4-10-26(21)32-27-11-5-2-8-22(27)23-9-3-6-12-28(23)32/h1-18H,31H2. The Labute approximate surface area is 190 Å². The van der Waals surface area contributed by atoms with E-state index in [0.29, 0.717) is 5.69 Å². The van der Waals surface area contributed by atoms with E-state index in [9.17, 15) is 0 Å². The van der Waals surface area contributed by atoms with Crippen molar-refractivity contribution < 1.29 is 4.42 Å². The van der Waals surface area contributed by atoms with Crippen LogP contribution in [0.15, 0.2) is 114 Å². The van der Waals surface area contributed by atoms with Gasteiger partial charge in [-0.25, -0.2) is 0 Å². The minimum absolute atomic E-state index is 0.707. The summed E-state index contributed by atoms with van der Waals surface area (Å²) in [5.41, 5.74) is 14.3. The van der Waals surface area contributed by atoms with Crippen molar-refractivity contribution in [3.63, 3.8) is 0 Å². The van der Waals surface area contributed by atoms with Gasteiger partial charge in [0.1, 0.15) is 11.2 Å². The third-order valence-corrected chi connectivity index (χ3v) is 6.53. The molecule has 0 atom stereocenters. The zero-order valence-corrected chi connectivity index (χ0v) is 17.8. The van der Waals surface area contributed by atoms with Crippen LogP contribution in [-0.2, 0) is 0 Å². The summed E-state index contributed by atoms with van der Waals surface area (Å²) >= 11 is 0. The summed E-state index contributed by atoms with van der Waals surface area (Å²) in [7, 11) is 0. The minimum atomic E-state index is 0.707. The van der Waals surface area contributed by atoms with Crippen LogP contribution >= 0.6 is 0 Å². The molecule has 2 heterocycles. The summed E-state index contributed by atoms with van der Waals surface area (Å²) in [6.45, 7) is 0. The topological polar surface area (TPSA) is 44.1 Å². The van der Waals surface area contributed by atoms with Gasteiger partial charge in [0.2, 0.25) is 0 Å². The number of hydrogen-bond donors (Lipinski definition) is 1. The number of fused-ring (bicyclic) bond motifs is 6. The van der Waals surface area contributed by atoms with Gasteiger partial charge in [0.25, 0.3) is 0 Å². The Balaban J connectivity index is 1.53. The number of furan rings is 1. The number of benzene rings is 5. The molecule has 3 heteroatoms. The van der Waals surface area contributed by atoms with Crippen molar-refractivity contribution in [3.05, 3.63) is 109 Å². The van der Waals surface area contributed by atoms with Gasteiger partial charge in [0.15, 0.2) is 0 Å². The second kappa shape index (κ2) is 6.75. The Kier molecular flexibility index (Phi) is 3.70. The Morgan fingerprint density at radius 3 is 2.03 bits per heavy atom. The number of anilines is 1. The third-order valence-electron chi connectivity index (χ3n) is 6.53. The van der Waals surface area contributed by atoms with Crippen LogP contribution in [-0.4, -0.2) is 4.57 Å². The lowest BCUT2D eigenvalue weighted by Crippen LogP contribution is -1.96. The van der Waals surface area contributed by atoms with E-state index in [1.807, 2.05) is 18.2 Å². The van der Waals surface area contributed by atoms with Gasteiger partial charge < -0.3 is 14.7 Å². The lowest BCUT2D eigenvalue weighted by Gasteiger charge is -2.14.